The van der Waals surface area contributed by atoms with E-state index in [1.807, 2.05) is 6.92 Å². The van der Waals surface area contributed by atoms with Crippen molar-refractivity contribution in [1.82, 2.24) is 34.4 Å². The molecule has 12 nitrogen and oxygen atoms in total. The van der Waals surface area contributed by atoms with Gasteiger partial charge in [-0.1, -0.05) is 30.7 Å². The average molecular weight is 674 g/mol. The van der Waals surface area contributed by atoms with Crippen LogP contribution in [0.4, 0.5) is 18.9 Å². The molecule has 2 saturated heterocycles. The van der Waals surface area contributed by atoms with Crippen LogP contribution in [0.3, 0.4) is 0 Å². The number of piperidine rings is 1. The molecule has 3 aromatic rings. The number of piperazine rings is 1. The number of allylic oxidation sites excluding steroid dienone is 1. The largest absolute Gasteiger partial charge is 0.435 e. The Balaban J connectivity index is 1.10. The number of carbonyl (C=O) groups is 3. The number of halogens is 4. The van der Waals surface area contributed by atoms with Crippen LogP contribution in [-0.4, -0.2) is 91.7 Å². The maximum atomic E-state index is 13.8. The third-order valence-electron chi connectivity index (χ3n) is 9.55. The number of anilines is 1. The predicted octanol–water partition coefficient (Wildman–Crippen LogP) is 3.01. The van der Waals surface area contributed by atoms with Crippen molar-refractivity contribution < 1.29 is 27.6 Å². The van der Waals surface area contributed by atoms with E-state index in [-0.39, 0.29) is 63.0 Å². The van der Waals surface area contributed by atoms with Crippen LogP contribution in [0.2, 0.25) is 5.02 Å². The summed E-state index contributed by atoms with van der Waals surface area (Å²) in [4.78, 5) is 47.1. The van der Waals surface area contributed by atoms with Crippen LogP contribution in [0.1, 0.15) is 40.5 Å². The Labute approximate surface area is 273 Å². The molecular weight excluding hydrogens is 639 g/mol. The average Bonchev–Trinajstić information content (AvgIpc) is 3.45. The summed E-state index contributed by atoms with van der Waals surface area (Å²) in [6.07, 6.45) is -2.31. The number of hydrogen-bond acceptors (Lipinski definition) is 7. The highest BCUT2D eigenvalue weighted by atomic mass is 35.5. The summed E-state index contributed by atoms with van der Waals surface area (Å²) in [5.41, 5.74) is 5.54. The van der Waals surface area contributed by atoms with Crippen LogP contribution in [0.5, 0.6) is 0 Å². The van der Waals surface area contributed by atoms with E-state index in [0.29, 0.717) is 44.8 Å². The number of imidazole rings is 1. The van der Waals surface area contributed by atoms with Crippen LogP contribution >= 0.6 is 11.6 Å². The van der Waals surface area contributed by atoms with Crippen molar-refractivity contribution in [3.05, 3.63) is 64.8 Å². The third kappa shape index (κ3) is 5.59. The van der Waals surface area contributed by atoms with Gasteiger partial charge in [-0.25, -0.2) is 4.98 Å². The minimum atomic E-state index is -4.73. The Morgan fingerprint density at radius 2 is 1.85 bits per heavy atom. The lowest BCUT2D eigenvalue weighted by atomic mass is 10.1. The molecule has 4 N–H and O–H groups in total. The molecule has 3 fully saturated rings. The van der Waals surface area contributed by atoms with Crippen molar-refractivity contribution in [1.29, 1.82) is 0 Å². The van der Waals surface area contributed by atoms with Gasteiger partial charge >= 0.3 is 6.18 Å². The van der Waals surface area contributed by atoms with E-state index in [0.717, 1.165) is 4.68 Å². The first-order valence-corrected chi connectivity index (χ1v) is 15.4. The summed E-state index contributed by atoms with van der Waals surface area (Å²) in [5, 5.41) is 9.67. The number of fused-ring (bicyclic) bond motifs is 1. The fourth-order valence-corrected chi connectivity index (χ4v) is 7.13. The summed E-state index contributed by atoms with van der Waals surface area (Å²) >= 11 is 6.47. The number of amides is 3. The second-order valence-electron chi connectivity index (χ2n) is 12.8. The first-order valence-electron chi connectivity index (χ1n) is 15.0. The Bertz CT molecular complexity index is 1780. The number of nitrogens with one attached hydrogen (secondary N) is 2. The van der Waals surface area contributed by atoms with E-state index in [4.69, 9.17) is 17.3 Å². The molecule has 0 spiro atoms. The quantitative estimate of drug-likeness (QED) is 0.327. The van der Waals surface area contributed by atoms with Crippen molar-refractivity contribution in [3.63, 3.8) is 0 Å². The number of aromatic nitrogens is 4. The molecule has 0 radical (unpaired) electrons. The Kier molecular flexibility index (Phi) is 8.00. The molecule has 3 aliphatic rings. The van der Waals surface area contributed by atoms with Crippen LogP contribution in [0.25, 0.3) is 11.3 Å². The standard InChI is InChI=1S/C31H35ClF3N9O3/c1-17(2)13-44-14-20(24(40-44)31(33,34)35)22-12-38-25(41(22)4)26(45)39-18-5-6-19(21(32)11-18)27(46)42-7-9-43(10-8-42)28(47)23-29(3)15-37-16-30(23,29)36/h5-6,11-12,14,23,37H,1,7-10,13,15-16,36H2,2-4H3,(H,39,45)/t23-,29-,30-/m1/s1. The van der Waals surface area contributed by atoms with Gasteiger partial charge in [0.2, 0.25) is 5.91 Å². The van der Waals surface area contributed by atoms with Crippen LogP contribution < -0.4 is 16.4 Å². The van der Waals surface area contributed by atoms with Gasteiger partial charge in [0.15, 0.2) is 11.5 Å². The molecule has 1 saturated carbocycles. The van der Waals surface area contributed by atoms with E-state index in [1.54, 1.807) is 16.7 Å². The summed E-state index contributed by atoms with van der Waals surface area (Å²) in [5.74, 6) is -1.35. The number of hydrogen-bond donors (Lipinski definition) is 3. The van der Waals surface area contributed by atoms with E-state index >= 15 is 0 Å². The number of rotatable bonds is 7. The molecule has 0 bridgehead atoms. The molecule has 1 aliphatic carbocycles. The van der Waals surface area contributed by atoms with Gasteiger partial charge in [0.05, 0.1) is 40.5 Å². The molecule has 16 heteroatoms. The van der Waals surface area contributed by atoms with Gasteiger partial charge in [0.1, 0.15) is 0 Å². The van der Waals surface area contributed by atoms with Crippen LogP contribution in [0.15, 0.2) is 42.7 Å². The fourth-order valence-electron chi connectivity index (χ4n) is 6.87. The predicted molar refractivity (Wildman–Crippen MR) is 168 cm³/mol. The third-order valence-corrected chi connectivity index (χ3v) is 9.87. The van der Waals surface area contributed by atoms with Gasteiger partial charge in [0.25, 0.3) is 11.8 Å². The van der Waals surface area contributed by atoms with Crippen molar-refractivity contribution in [2.75, 3.05) is 44.6 Å². The molecule has 2 aromatic heterocycles. The summed E-state index contributed by atoms with van der Waals surface area (Å²) in [7, 11) is 1.43. The molecule has 4 heterocycles. The molecule has 6 rings (SSSR count). The lowest BCUT2D eigenvalue weighted by Crippen LogP contribution is -2.52. The second kappa shape index (κ2) is 11.5. The van der Waals surface area contributed by atoms with Crippen molar-refractivity contribution in [3.8, 4) is 11.3 Å². The summed E-state index contributed by atoms with van der Waals surface area (Å²) in [6.45, 7) is 10.3. The number of alkyl halides is 3. The molecule has 47 heavy (non-hydrogen) atoms. The highest BCUT2D eigenvalue weighted by molar-refractivity contribution is 6.34. The minimum Gasteiger partial charge on any atom is -0.339 e. The van der Waals surface area contributed by atoms with Gasteiger partial charge in [-0.05, 0) is 25.1 Å². The number of carbonyl (C=O) groups excluding carboxylic acids is 3. The minimum absolute atomic E-state index is 0.0280. The first kappa shape index (κ1) is 32.7. The van der Waals surface area contributed by atoms with Gasteiger partial charge in [-0.15, -0.1) is 0 Å². The number of nitrogens with zero attached hydrogens (tertiary/aromatic N) is 6. The zero-order valence-electron chi connectivity index (χ0n) is 26.1. The fraction of sp³-hybridized carbons (Fsp3) is 0.452. The highest BCUT2D eigenvalue weighted by Gasteiger charge is 2.77. The lowest BCUT2D eigenvalue weighted by Gasteiger charge is -2.35. The normalized spacial score (nSPS) is 23.9. The zero-order chi connectivity index (χ0) is 34.1. The molecule has 250 valence electrons. The number of benzene rings is 1. The smallest absolute Gasteiger partial charge is 0.339 e. The van der Waals surface area contributed by atoms with E-state index in [2.05, 4.69) is 27.3 Å². The SMILES string of the molecule is C=C(C)Cn1cc(-c2cnc(C(=O)Nc3ccc(C(=O)N4CCN(C(=O)[C@H]5[C@]6(N)CNC[C@]56C)CC4)c(Cl)c3)n2C)c(C(F)(F)F)n1. The molecule has 1 aromatic carbocycles. The van der Waals surface area contributed by atoms with Gasteiger partial charge < -0.3 is 30.7 Å². The Morgan fingerprint density at radius 1 is 1.17 bits per heavy atom. The van der Waals surface area contributed by atoms with Gasteiger partial charge in [0, 0.05) is 69.2 Å². The van der Waals surface area contributed by atoms with Gasteiger partial charge in [-0.3, -0.25) is 19.1 Å². The molecule has 3 atom stereocenters. The zero-order valence-corrected chi connectivity index (χ0v) is 26.9. The molecular formula is C31H35ClF3N9O3. The van der Waals surface area contributed by atoms with Crippen molar-refractivity contribution in [2.24, 2.45) is 24.1 Å². The lowest BCUT2D eigenvalue weighted by molar-refractivity contribution is -0.141. The topological polar surface area (TPSA) is 143 Å². The maximum absolute atomic E-state index is 13.8. The second-order valence-corrected chi connectivity index (χ2v) is 13.2. The van der Waals surface area contributed by atoms with Crippen molar-refractivity contribution >= 4 is 35.0 Å². The number of nitrogens with two attached hydrogens (primary N) is 1. The molecule has 0 unspecified atom stereocenters. The monoisotopic (exact) mass is 673 g/mol. The van der Waals surface area contributed by atoms with E-state index in [1.165, 1.54) is 42.2 Å². The van der Waals surface area contributed by atoms with Gasteiger partial charge in [-0.2, -0.15) is 18.3 Å². The summed E-state index contributed by atoms with van der Waals surface area (Å²) in [6, 6.07) is 4.41. The highest BCUT2D eigenvalue weighted by Crippen LogP contribution is 2.62. The molecule has 3 amide bonds. The summed E-state index contributed by atoms with van der Waals surface area (Å²) < 4.78 is 43.8. The Hall–Kier alpha value is -4.21. The van der Waals surface area contributed by atoms with E-state index in [9.17, 15) is 27.6 Å². The van der Waals surface area contributed by atoms with Crippen molar-refractivity contribution in [2.45, 2.75) is 32.1 Å². The van der Waals surface area contributed by atoms with E-state index < -0.39 is 23.3 Å². The molecule has 2 aliphatic heterocycles. The van der Waals surface area contributed by atoms with Crippen LogP contribution in [-0.2, 0) is 24.6 Å². The first-order chi connectivity index (χ1) is 22.0. The Morgan fingerprint density at radius 3 is 2.45 bits per heavy atom. The van der Waals surface area contributed by atoms with Crippen LogP contribution in [0, 0.1) is 11.3 Å². The maximum Gasteiger partial charge on any atom is 0.435 e.